The Morgan fingerprint density at radius 1 is 1.38 bits per heavy atom. The number of ether oxygens (including phenoxy) is 1. The smallest absolute Gasteiger partial charge is 0.121 e. The summed E-state index contributed by atoms with van der Waals surface area (Å²) in [6.07, 6.45) is 2.05. The van der Waals surface area contributed by atoms with Crippen molar-refractivity contribution < 1.29 is 9.84 Å². The zero-order valence-corrected chi connectivity index (χ0v) is 9.26. The van der Waals surface area contributed by atoms with E-state index in [1.54, 1.807) is 6.20 Å². The Morgan fingerprint density at radius 3 is 3.06 bits per heavy atom. The first-order valence-electron chi connectivity index (χ1n) is 5.45. The number of hydrogen-bond acceptors (Lipinski definition) is 3. The minimum absolute atomic E-state index is 0.328. The van der Waals surface area contributed by atoms with E-state index in [-0.39, 0.29) is 0 Å². The van der Waals surface area contributed by atoms with Crippen molar-refractivity contribution in [2.24, 2.45) is 0 Å². The quantitative estimate of drug-likeness (QED) is 0.855. The number of aliphatic hydroxyl groups excluding tert-OH is 1. The van der Waals surface area contributed by atoms with Crippen molar-refractivity contribution in [2.75, 3.05) is 6.61 Å². The maximum absolute atomic E-state index is 9.39. The molecule has 16 heavy (non-hydrogen) atoms. The second-order valence-electron chi connectivity index (χ2n) is 3.73. The molecule has 1 unspecified atom stereocenters. The van der Waals surface area contributed by atoms with Crippen molar-refractivity contribution in [2.45, 2.75) is 19.4 Å². The number of fused-ring (bicyclic) bond motifs is 1. The van der Waals surface area contributed by atoms with Crippen LogP contribution in [0.2, 0.25) is 0 Å². The normalized spacial score (nSPS) is 12.6. The summed E-state index contributed by atoms with van der Waals surface area (Å²) in [5, 5.41) is 10.5. The van der Waals surface area contributed by atoms with E-state index in [1.165, 1.54) is 0 Å². The molecular weight excluding hydrogens is 202 g/mol. The lowest BCUT2D eigenvalue weighted by atomic mass is 10.2. The lowest BCUT2D eigenvalue weighted by Crippen LogP contribution is -2.15. The van der Waals surface area contributed by atoms with Gasteiger partial charge in [0.2, 0.25) is 0 Å². The SMILES string of the molecule is CCC(O)COc1ccc2cccnc2c1. The highest BCUT2D eigenvalue weighted by Crippen LogP contribution is 2.18. The summed E-state index contributed by atoms with van der Waals surface area (Å²) in [5.74, 6) is 0.749. The topological polar surface area (TPSA) is 42.4 Å². The first-order valence-corrected chi connectivity index (χ1v) is 5.45. The van der Waals surface area contributed by atoms with Gasteiger partial charge in [-0.05, 0) is 24.6 Å². The number of aromatic nitrogens is 1. The minimum atomic E-state index is -0.403. The second-order valence-corrected chi connectivity index (χ2v) is 3.73. The molecule has 1 atom stereocenters. The zero-order chi connectivity index (χ0) is 11.4. The van der Waals surface area contributed by atoms with E-state index >= 15 is 0 Å². The van der Waals surface area contributed by atoms with Crippen molar-refractivity contribution in [1.29, 1.82) is 0 Å². The van der Waals surface area contributed by atoms with Crippen LogP contribution in [0.1, 0.15) is 13.3 Å². The summed E-state index contributed by atoms with van der Waals surface area (Å²) in [5.41, 5.74) is 0.908. The molecule has 0 saturated carbocycles. The number of pyridine rings is 1. The molecule has 2 rings (SSSR count). The van der Waals surface area contributed by atoms with Crippen molar-refractivity contribution in [3.8, 4) is 5.75 Å². The number of rotatable bonds is 4. The molecule has 0 radical (unpaired) electrons. The average Bonchev–Trinajstić information content (AvgIpc) is 2.35. The fourth-order valence-corrected chi connectivity index (χ4v) is 1.45. The van der Waals surface area contributed by atoms with Crippen LogP contribution in [0.25, 0.3) is 10.9 Å². The summed E-state index contributed by atoms with van der Waals surface area (Å²) in [4.78, 5) is 4.25. The van der Waals surface area contributed by atoms with Gasteiger partial charge in [-0.2, -0.15) is 0 Å². The maximum atomic E-state index is 9.39. The van der Waals surface area contributed by atoms with Gasteiger partial charge in [0, 0.05) is 17.6 Å². The Labute approximate surface area is 94.7 Å². The van der Waals surface area contributed by atoms with Gasteiger partial charge in [0.15, 0.2) is 0 Å². The molecule has 1 N–H and O–H groups in total. The minimum Gasteiger partial charge on any atom is -0.491 e. The molecule has 0 bridgehead atoms. The Morgan fingerprint density at radius 2 is 2.25 bits per heavy atom. The molecule has 2 aromatic rings. The molecular formula is C13H15NO2. The second kappa shape index (κ2) is 4.94. The number of benzene rings is 1. The van der Waals surface area contributed by atoms with Gasteiger partial charge < -0.3 is 9.84 Å². The third-order valence-electron chi connectivity index (χ3n) is 2.49. The third-order valence-corrected chi connectivity index (χ3v) is 2.49. The Bertz CT molecular complexity index is 470. The van der Waals surface area contributed by atoms with Gasteiger partial charge >= 0.3 is 0 Å². The van der Waals surface area contributed by atoms with Gasteiger partial charge in [0.1, 0.15) is 12.4 Å². The molecule has 0 fully saturated rings. The van der Waals surface area contributed by atoms with Crippen molar-refractivity contribution in [1.82, 2.24) is 4.98 Å². The van der Waals surface area contributed by atoms with E-state index in [4.69, 9.17) is 4.74 Å². The molecule has 0 saturated heterocycles. The van der Waals surface area contributed by atoms with Crippen molar-refractivity contribution in [3.63, 3.8) is 0 Å². The van der Waals surface area contributed by atoms with Crippen LogP contribution in [0.4, 0.5) is 0 Å². The van der Waals surface area contributed by atoms with Gasteiger partial charge in [-0.25, -0.2) is 0 Å². The number of aliphatic hydroxyl groups is 1. The summed E-state index contributed by atoms with van der Waals surface area (Å²) >= 11 is 0. The molecule has 0 aliphatic heterocycles. The van der Waals surface area contributed by atoms with E-state index in [0.717, 1.165) is 16.7 Å². The van der Waals surface area contributed by atoms with Gasteiger partial charge in [-0.1, -0.05) is 13.0 Å². The van der Waals surface area contributed by atoms with Crippen LogP contribution in [0, 0.1) is 0 Å². The highest BCUT2D eigenvalue weighted by molar-refractivity contribution is 5.79. The van der Waals surface area contributed by atoms with Gasteiger partial charge in [0.05, 0.1) is 11.6 Å². The molecule has 84 valence electrons. The number of hydrogen-bond donors (Lipinski definition) is 1. The Hall–Kier alpha value is -1.61. The molecule has 3 nitrogen and oxygen atoms in total. The van der Waals surface area contributed by atoms with E-state index in [2.05, 4.69) is 4.98 Å². The lowest BCUT2D eigenvalue weighted by Gasteiger charge is -2.10. The third kappa shape index (κ3) is 2.49. The molecule has 0 spiro atoms. The monoisotopic (exact) mass is 217 g/mol. The fraction of sp³-hybridized carbons (Fsp3) is 0.308. The summed E-state index contributed by atoms with van der Waals surface area (Å²) in [7, 11) is 0. The highest BCUT2D eigenvalue weighted by Gasteiger charge is 2.02. The lowest BCUT2D eigenvalue weighted by molar-refractivity contribution is 0.104. The standard InChI is InChI=1S/C13H15NO2/c1-2-11(15)9-16-12-6-5-10-4-3-7-14-13(10)8-12/h3-8,11,15H,2,9H2,1H3. The van der Waals surface area contributed by atoms with Crippen LogP contribution in [-0.2, 0) is 0 Å². The predicted molar refractivity (Wildman–Crippen MR) is 63.5 cm³/mol. The summed E-state index contributed by atoms with van der Waals surface area (Å²) < 4.78 is 5.48. The molecule has 1 aromatic carbocycles. The summed E-state index contributed by atoms with van der Waals surface area (Å²) in [6, 6.07) is 9.66. The highest BCUT2D eigenvalue weighted by atomic mass is 16.5. The first kappa shape index (κ1) is 10.9. The van der Waals surface area contributed by atoms with Crippen LogP contribution in [0.3, 0.4) is 0 Å². The van der Waals surface area contributed by atoms with Crippen LogP contribution in [0.5, 0.6) is 5.75 Å². The Kier molecular flexibility index (Phi) is 3.37. The first-order chi connectivity index (χ1) is 7.79. The molecule has 1 aromatic heterocycles. The van der Waals surface area contributed by atoms with Gasteiger partial charge in [-0.15, -0.1) is 0 Å². The predicted octanol–water partition coefficient (Wildman–Crippen LogP) is 2.38. The van der Waals surface area contributed by atoms with E-state index < -0.39 is 6.10 Å². The van der Waals surface area contributed by atoms with Crippen LogP contribution in [-0.4, -0.2) is 22.8 Å². The zero-order valence-electron chi connectivity index (χ0n) is 9.26. The molecule has 0 aliphatic carbocycles. The maximum Gasteiger partial charge on any atom is 0.121 e. The molecule has 0 aliphatic rings. The molecule has 1 heterocycles. The fourth-order valence-electron chi connectivity index (χ4n) is 1.45. The van der Waals surface area contributed by atoms with Crippen LogP contribution < -0.4 is 4.74 Å². The average molecular weight is 217 g/mol. The van der Waals surface area contributed by atoms with Crippen molar-refractivity contribution in [3.05, 3.63) is 36.5 Å². The van der Waals surface area contributed by atoms with Crippen molar-refractivity contribution >= 4 is 10.9 Å². The van der Waals surface area contributed by atoms with E-state index in [0.29, 0.717) is 13.0 Å². The molecule has 0 amide bonds. The van der Waals surface area contributed by atoms with Crippen LogP contribution in [0.15, 0.2) is 36.5 Å². The largest absolute Gasteiger partial charge is 0.491 e. The number of nitrogens with zero attached hydrogens (tertiary/aromatic N) is 1. The Balaban J connectivity index is 2.13. The molecule has 3 heteroatoms. The van der Waals surface area contributed by atoms with E-state index in [1.807, 2.05) is 37.3 Å². The van der Waals surface area contributed by atoms with Gasteiger partial charge in [-0.3, -0.25) is 4.98 Å². The van der Waals surface area contributed by atoms with Crippen LogP contribution >= 0.6 is 0 Å². The summed E-state index contributed by atoms with van der Waals surface area (Å²) in [6.45, 7) is 2.25. The van der Waals surface area contributed by atoms with Gasteiger partial charge in [0.25, 0.3) is 0 Å². The van der Waals surface area contributed by atoms with E-state index in [9.17, 15) is 5.11 Å².